The molecule has 0 unspecified atom stereocenters. The average Bonchev–Trinajstić information content (AvgIpc) is 2.18. The second kappa shape index (κ2) is 7.63. The van der Waals surface area contributed by atoms with Crippen molar-refractivity contribution in [1.29, 1.82) is 0 Å². The van der Waals surface area contributed by atoms with E-state index < -0.39 is 5.97 Å². The van der Waals surface area contributed by atoms with Crippen molar-refractivity contribution in [2.24, 2.45) is 0 Å². The first-order chi connectivity index (χ1) is 6.70. The number of ketones is 1. The molecule has 1 rings (SSSR count). The molecule has 74 valence electrons. The molecule has 0 fully saturated rings. The van der Waals surface area contributed by atoms with Gasteiger partial charge in [-0.1, -0.05) is 30.3 Å². The summed E-state index contributed by atoms with van der Waals surface area (Å²) in [4.78, 5) is 21.5. The number of rotatable bonds is 5. The molecule has 0 bridgehead atoms. The molecule has 1 aromatic rings. The quantitative estimate of drug-likeness (QED) is 0.412. The molecular formula is C11H11NaO3. The van der Waals surface area contributed by atoms with Gasteiger partial charge in [0.2, 0.25) is 0 Å². The van der Waals surface area contributed by atoms with E-state index in [0.29, 0.717) is 12.0 Å². The largest absolute Gasteiger partial charge is 1.00 e. The second-order valence-corrected chi connectivity index (χ2v) is 3.01. The van der Waals surface area contributed by atoms with Crippen molar-refractivity contribution in [1.82, 2.24) is 0 Å². The first-order valence-electron chi connectivity index (χ1n) is 4.48. The molecule has 15 heavy (non-hydrogen) atoms. The van der Waals surface area contributed by atoms with Crippen molar-refractivity contribution in [3.8, 4) is 0 Å². The van der Waals surface area contributed by atoms with Gasteiger partial charge in [-0.3, -0.25) is 4.79 Å². The fraction of sp³-hybridized carbons (Fsp3) is 0.273. The van der Waals surface area contributed by atoms with E-state index in [4.69, 9.17) is 0 Å². The summed E-state index contributed by atoms with van der Waals surface area (Å²) < 4.78 is 0. The predicted molar refractivity (Wildman–Crippen MR) is 49.6 cm³/mol. The molecule has 0 aliphatic rings. The maximum Gasteiger partial charge on any atom is 1.00 e. The molecule has 0 atom stereocenters. The summed E-state index contributed by atoms with van der Waals surface area (Å²) in [6, 6.07) is 8.85. The van der Waals surface area contributed by atoms with E-state index in [1.54, 1.807) is 24.3 Å². The van der Waals surface area contributed by atoms with Gasteiger partial charge in [0.05, 0.1) is 0 Å². The Bertz CT molecular complexity index is 322. The third-order valence-electron chi connectivity index (χ3n) is 1.88. The molecule has 0 aromatic heterocycles. The SMILES string of the molecule is O=C([O-])CCCC(=O)c1ccccc1.[Na+]. The molecule has 0 aliphatic carbocycles. The molecule has 0 aliphatic heterocycles. The standard InChI is InChI=1S/C11H12O3.Na/c12-10(7-4-8-11(13)14)9-5-2-1-3-6-9;/h1-3,5-6H,4,7-8H2,(H,13,14);/q;+1/p-1. The fourth-order valence-corrected chi connectivity index (χ4v) is 1.16. The topological polar surface area (TPSA) is 57.2 Å². The molecule has 0 saturated heterocycles. The van der Waals surface area contributed by atoms with Crippen LogP contribution < -0.4 is 34.7 Å². The summed E-state index contributed by atoms with van der Waals surface area (Å²) in [6.45, 7) is 0. The molecule has 1 aromatic carbocycles. The smallest absolute Gasteiger partial charge is 0.550 e. The first-order valence-corrected chi connectivity index (χ1v) is 4.48. The number of aliphatic carboxylic acids is 1. The number of carboxylic acid groups (broad SMARTS) is 1. The van der Waals surface area contributed by atoms with Crippen LogP contribution >= 0.6 is 0 Å². The van der Waals surface area contributed by atoms with Crippen LogP contribution in [0.3, 0.4) is 0 Å². The van der Waals surface area contributed by atoms with E-state index >= 15 is 0 Å². The van der Waals surface area contributed by atoms with Crippen LogP contribution in [0.2, 0.25) is 0 Å². The number of Topliss-reactive ketones (excluding diaryl/α,β-unsaturated/α-hetero) is 1. The van der Waals surface area contributed by atoms with Crippen molar-refractivity contribution < 1.29 is 44.3 Å². The van der Waals surface area contributed by atoms with Crippen LogP contribution in [0.5, 0.6) is 0 Å². The summed E-state index contributed by atoms with van der Waals surface area (Å²) in [7, 11) is 0. The Morgan fingerprint density at radius 2 is 1.67 bits per heavy atom. The molecule has 0 heterocycles. The van der Waals surface area contributed by atoms with Crippen LogP contribution in [-0.4, -0.2) is 11.8 Å². The van der Waals surface area contributed by atoms with Crippen LogP contribution in [-0.2, 0) is 4.79 Å². The Balaban J connectivity index is 0.00000196. The number of benzene rings is 1. The first kappa shape index (κ1) is 14.4. The van der Waals surface area contributed by atoms with Crippen LogP contribution in [0.15, 0.2) is 30.3 Å². The Hall–Kier alpha value is -0.640. The summed E-state index contributed by atoms with van der Waals surface area (Å²) in [5.41, 5.74) is 0.630. The number of carboxylic acids is 1. The third-order valence-corrected chi connectivity index (χ3v) is 1.88. The zero-order valence-corrected chi connectivity index (χ0v) is 10.7. The average molecular weight is 214 g/mol. The Morgan fingerprint density at radius 1 is 1.07 bits per heavy atom. The Kier molecular flexibility index (Phi) is 7.30. The second-order valence-electron chi connectivity index (χ2n) is 3.01. The zero-order valence-electron chi connectivity index (χ0n) is 8.73. The molecule has 0 spiro atoms. The van der Waals surface area contributed by atoms with Gasteiger partial charge >= 0.3 is 29.6 Å². The minimum absolute atomic E-state index is 0. The van der Waals surface area contributed by atoms with Crippen molar-refractivity contribution in [2.75, 3.05) is 0 Å². The van der Waals surface area contributed by atoms with Gasteiger partial charge in [-0.2, -0.15) is 0 Å². The maximum absolute atomic E-state index is 11.4. The number of hydrogen-bond donors (Lipinski definition) is 0. The Morgan fingerprint density at radius 3 is 2.20 bits per heavy atom. The van der Waals surface area contributed by atoms with Crippen molar-refractivity contribution in [3.63, 3.8) is 0 Å². The van der Waals surface area contributed by atoms with Gasteiger partial charge in [0, 0.05) is 18.0 Å². The third kappa shape index (κ3) is 5.72. The summed E-state index contributed by atoms with van der Waals surface area (Å²) in [6.07, 6.45) is 0.548. The monoisotopic (exact) mass is 214 g/mol. The summed E-state index contributed by atoms with van der Waals surface area (Å²) >= 11 is 0. The normalized spacial score (nSPS) is 9.07. The van der Waals surface area contributed by atoms with E-state index in [2.05, 4.69) is 0 Å². The summed E-state index contributed by atoms with van der Waals surface area (Å²) in [5.74, 6) is -1.13. The van der Waals surface area contributed by atoms with E-state index in [-0.39, 0.29) is 48.2 Å². The number of carbonyl (C=O) groups is 2. The molecule has 3 nitrogen and oxygen atoms in total. The van der Waals surface area contributed by atoms with E-state index in [1.165, 1.54) is 0 Å². The van der Waals surface area contributed by atoms with Gasteiger partial charge in [-0.25, -0.2) is 0 Å². The molecule has 4 heteroatoms. The van der Waals surface area contributed by atoms with E-state index in [0.717, 1.165) is 0 Å². The summed E-state index contributed by atoms with van der Waals surface area (Å²) in [5, 5.41) is 10.1. The molecule has 0 amide bonds. The van der Waals surface area contributed by atoms with Crippen molar-refractivity contribution in [3.05, 3.63) is 35.9 Å². The van der Waals surface area contributed by atoms with Crippen LogP contribution in [0, 0.1) is 0 Å². The van der Waals surface area contributed by atoms with Gasteiger partial charge < -0.3 is 9.90 Å². The molecular weight excluding hydrogens is 203 g/mol. The van der Waals surface area contributed by atoms with Crippen LogP contribution in [0.25, 0.3) is 0 Å². The number of carbonyl (C=O) groups excluding carboxylic acids is 2. The number of hydrogen-bond acceptors (Lipinski definition) is 3. The molecule has 0 N–H and O–H groups in total. The zero-order chi connectivity index (χ0) is 10.4. The minimum atomic E-state index is -1.11. The van der Waals surface area contributed by atoms with E-state index in [1.807, 2.05) is 6.07 Å². The van der Waals surface area contributed by atoms with Gasteiger partial charge in [-0.15, -0.1) is 0 Å². The molecule has 0 saturated carbocycles. The molecule has 0 radical (unpaired) electrons. The van der Waals surface area contributed by atoms with Gasteiger partial charge in [0.1, 0.15) is 0 Å². The van der Waals surface area contributed by atoms with Crippen LogP contribution in [0.4, 0.5) is 0 Å². The predicted octanol–water partition coefficient (Wildman–Crippen LogP) is -2.21. The van der Waals surface area contributed by atoms with E-state index in [9.17, 15) is 14.7 Å². The van der Waals surface area contributed by atoms with Gasteiger partial charge in [0.25, 0.3) is 0 Å². The Labute approximate surface area is 111 Å². The van der Waals surface area contributed by atoms with Gasteiger partial charge in [0.15, 0.2) is 5.78 Å². The van der Waals surface area contributed by atoms with Crippen LogP contribution in [0.1, 0.15) is 29.6 Å². The van der Waals surface area contributed by atoms with Crippen molar-refractivity contribution in [2.45, 2.75) is 19.3 Å². The van der Waals surface area contributed by atoms with Gasteiger partial charge in [-0.05, 0) is 12.8 Å². The van der Waals surface area contributed by atoms with Crippen molar-refractivity contribution >= 4 is 11.8 Å². The minimum Gasteiger partial charge on any atom is -0.550 e. The fourth-order valence-electron chi connectivity index (χ4n) is 1.16. The maximum atomic E-state index is 11.4.